The molecule has 1 aliphatic heterocycles. The van der Waals surface area contributed by atoms with Crippen LogP contribution in [0.4, 0.5) is 5.69 Å². The Labute approximate surface area is 242 Å². The predicted molar refractivity (Wildman–Crippen MR) is 165 cm³/mol. The number of hydrogen-bond acceptors (Lipinski definition) is 6. The topological polar surface area (TPSA) is 34.2 Å². The molecule has 0 N–H and O–H groups in total. The number of likely N-dealkylation sites (N-methyl/N-ethyl adjacent to an activating group) is 1. The summed E-state index contributed by atoms with van der Waals surface area (Å²) in [7, 11) is 3.87. The molecule has 6 heteroatoms. The van der Waals surface area contributed by atoms with Crippen molar-refractivity contribution in [1.82, 2.24) is 4.90 Å². The van der Waals surface area contributed by atoms with Crippen molar-refractivity contribution in [2.24, 2.45) is 0 Å². The zero-order valence-corrected chi connectivity index (χ0v) is 24.4. The molecule has 0 aliphatic carbocycles. The highest BCUT2D eigenvalue weighted by atomic mass is 32.2. The van der Waals surface area contributed by atoms with E-state index in [1.165, 1.54) is 16.0 Å². The molecule has 40 heavy (non-hydrogen) atoms. The Morgan fingerprint density at radius 2 is 1.40 bits per heavy atom. The van der Waals surface area contributed by atoms with E-state index in [2.05, 4.69) is 90.5 Å². The van der Waals surface area contributed by atoms with Gasteiger partial charge in [-0.1, -0.05) is 79.3 Å². The second kappa shape index (κ2) is 13.8. The Morgan fingerprint density at radius 1 is 0.725 bits per heavy atom. The third kappa shape index (κ3) is 7.19. The number of ether oxygens (including phenoxy) is 3. The van der Waals surface area contributed by atoms with Crippen molar-refractivity contribution in [3.05, 3.63) is 108 Å². The normalized spacial score (nSPS) is 14.6. The van der Waals surface area contributed by atoms with Crippen LogP contribution >= 0.6 is 11.8 Å². The van der Waals surface area contributed by atoms with Gasteiger partial charge in [-0.15, -0.1) is 0 Å². The monoisotopic (exact) mass is 554 g/mol. The molecule has 1 unspecified atom stereocenters. The first-order chi connectivity index (χ1) is 19.6. The molecule has 4 aromatic rings. The summed E-state index contributed by atoms with van der Waals surface area (Å²) < 4.78 is 18.2. The van der Waals surface area contributed by atoms with Gasteiger partial charge < -0.3 is 24.0 Å². The van der Waals surface area contributed by atoms with E-state index in [1.807, 2.05) is 30.3 Å². The summed E-state index contributed by atoms with van der Waals surface area (Å²) >= 11 is 1.73. The maximum atomic E-state index is 6.55. The smallest absolute Gasteiger partial charge is 0.155 e. The molecule has 0 spiro atoms. The second-order valence-corrected chi connectivity index (χ2v) is 11.3. The van der Waals surface area contributed by atoms with Gasteiger partial charge in [0.15, 0.2) is 5.75 Å². The van der Waals surface area contributed by atoms with Crippen LogP contribution in [0.15, 0.2) is 107 Å². The highest BCUT2D eigenvalue weighted by Gasteiger charge is 2.24. The standard InChI is InChI=1S/C34H38N2O3S/c1-26(27-11-6-4-7-12-27)28-13-10-16-30(23-28)40-31-24-32(38-22-21-37-3)34(36-19-17-35(2)18-20-36)33(25-31)39-29-14-8-5-9-15-29/h4-16,23-26H,17-22H2,1-3H3. The number of hydrogen-bond donors (Lipinski definition) is 0. The summed E-state index contributed by atoms with van der Waals surface area (Å²) in [6.07, 6.45) is 0. The summed E-state index contributed by atoms with van der Waals surface area (Å²) in [6, 6.07) is 33.8. The first kappa shape index (κ1) is 28.1. The molecule has 0 saturated carbocycles. The minimum Gasteiger partial charge on any atom is -0.489 e. The molecule has 0 radical (unpaired) electrons. The molecular weight excluding hydrogens is 516 g/mol. The van der Waals surface area contributed by atoms with Gasteiger partial charge in [0.05, 0.1) is 6.61 Å². The van der Waals surface area contributed by atoms with E-state index in [0.29, 0.717) is 19.1 Å². The molecular formula is C34H38N2O3S. The van der Waals surface area contributed by atoms with Crippen molar-refractivity contribution in [2.45, 2.75) is 22.6 Å². The van der Waals surface area contributed by atoms with Crippen LogP contribution in [0, 0.1) is 0 Å². The molecule has 0 amide bonds. The fraction of sp³-hybridized carbons (Fsp3) is 0.294. The van der Waals surface area contributed by atoms with Crippen molar-refractivity contribution in [3.8, 4) is 17.2 Å². The summed E-state index contributed by atoms with van der Waals surface area (Å²) in [5, 5.41) is 0. The van der Waals surface area contributed by atoms with Crippen molar-refractivity contribution < 1.29 is 14.2 Å². The SMILES string of the molecule is COCCOc1cc(Sc2cccc(C(C)c3ccccc3)c2)cc(Oc2ccccc2)c1N1CCN(C)CC1. The lowest BCUT2D eigenvalue weighted by Crippen LogP contribution is -2.44. The van der Waals surface area contributed by atoms with Crippen LogP contribution in [-0.2, 0) is 4.74 Å². The summed E-state index contributed by atoms with van der Waals surface area (Å²) in [5.41, 5.74) is 3.61. The molecule has 5 rings (SSSR count). The molecule has 1 atom stereocenters. The van der Waals surface area contributed by atoms with E-state index in [4.69, 9.17) is 14.2 Å². The van der Waals surface area contributed by atoms with E-state index in [1.54, 1.807) is 18.9 Å². The molecule has 0 bridgehead atoms. The first-order valence-corrected chi connectivity index (χ1v) is 14.7. The lowest BCUT2D eigenvalue weighted by molar-refractivity contribution is 0.146. The zero-order valence-electron chi connectivity index (χ0n) is 23.6. The van der Waals surface area contributed by atoms with Gasteiger partial charge in [-0.05, 0) is 54.6 Å². The highest BCUT2D eigenvalue weighted by Crippen LogP contribution is 2.45. The zero-order chi connectivity index (χ0) is 27.7. The van der Waals surface area contributed by atoms with Gasteiger partial charge in [0.1, 0.15) is 23.8 Å². The minimum atomic E-state index is 0.311. The van der Waals surface area contributed by atoms with Gasteiger partial charge in [0.25, 0.3) is 0 Å². The van der Waals surface area contributed by atoms with Crippen molar-refractivity contribution in [3.63, 3.8) is 0 Å². The van der Waals surface area contributed by atoms with Gasteiger partial charge in [-0.25, -0.2) is 0 Å². The number of nitrogens with zero attached hydrogens (tertiary/aromatic N) is 2. The van der Waals surface area contributed by atoms with Gasteiger partial charge in [-0.2, -0.15) is 0 Å². The lowest BCUT2D eigenvalue weighted by Gasteiger charge is -2.36. The molecule has 1 aliphatic rings. The van der Waals surface area contributed by atoms with E-state index < -0.39 is 0 Å². The Balaban J connectivity index is 1.50. The lowest BCUT2D eigenvalue weighted by atomic mass is 9.93. The first-order valence-electron chi connectivity index (χ1n) is 13.9. The van der Waals surface area contributed by atoms with Crippen LogP contribution in [-0.4, -0.2) is 58.5 Å². The van der Waals surface area contributed by atoms with Gasteiger partial charge >= 0.3 is 0 Å². The molecule has 208 valence electrons. The maximum Gasteiger partial charge on any atom is 0.155 e. The molecule has 5 nitrogen and oxygen atoms in total. The summed E-state index contributed by atoms with van der Waals surface area (Å²) in [6.45, 7) is 7.06. The molecule has 4 aromatic carbocycles. The third-order valence-electron chi connectivity index (χ3n) is 7.24. The van der Waals surface area contributed by atoms with E-state index in [0.717, 1.165) is 54.0 Å². The number of rotatable bonds is 11. The van der Waals surface area contributed by atoms with Crippen LogP contribution < -0.4 is 14.4 Å². The van der Waals surface area contributed by atoms with E-state index >= 15 is 0 Å². The minimum absolute atomic E-state index is 0.311. The van der Waals surface area contributed by atoms with Gasteiger partial charge in [0.2, 0.25) is 0 Å². The van der Waals surface area contributed by atoms with Crippen LogP contribution in [0.25, 0.3) is 0 Å². The number of anilines is 1. The largest absolute Gasteiger partial charge is 0.489 e. The highest BCUT2D eigenvalue weighted by molar-refractivity contribution is 7.99. The Hall–Kier alpha value is -3.45. The number of methoxy groups -OCH3 is 1. The average molecular weight is 555 g/mol. The van der Waals surface area contributed by atoms with Gasteiger partial charge in [-0.3, -0.25) is 0 Å². The van der Waals surface area contributed by atoms with Crippen molar-refractivity contribution >= 4 is 17.4 Å². The Bertz CT molecular complexity index is 1360. The van der Waals surface area contributed by atoms with Crippen LogP contribution in [0.5, 0.6) is 17.2 Å². The molecule has 1 fully saturated rings. The summed E-state index contributed by atoms with van der Waals surface area (Å²) in [5.74, 6) is 2.75. The molecule has 0 aromatic heterocycles. The maximum absolute atomic E-state index is 6.55. The Kier molecular flexibility index (Phi) is 9.66. The van der Waals surface area contributed by atoms with E-state index in [-0.39, 0.29) is 0 Å². The number of para-hydroxylation sites is 1. The molecule has 1 heterocycles. The van der Waals surface area contributed by atoms with Crippen molar-refractivity contribution in [2.75, 3.05) is 58.5 Å². The van der Waals surface area contributed by atoms with Crippen LogP contribution in [0.3, 0.4) is 0 Å². The van der Waals surface area contributed by atoms with Crippen molar-refractivity contribution in [1.29, 1.82) is 0 Å². The predicted octanol–water partition coefficient (Wildman–Crippen LogP) is 7.56. The third-order valence-corrected chi connectivity index (χ3v) is 8.20. The average Bonchev–Trinajstić information content (AvgIpc) is 2.99. The fourth-order valence-corrected chi connectivity index (χ4v) is 5.86. The fourth-order valence-electron chi connectivity index (χ4n) is 4.91. The number of benzene rings is 4. The quantitative estimate of drug-likeness (QED) is 0.178. The van der Waals surface area contributed by atoms with Gasteiger partial charge in [0, 0.05) is 49.0 Å². The van der Waals surface area contributed by atoms with Crippen LogP contribution in [0.1, 0.15) is 24.0 Å². The Morgan fingerprint density at radius 3 is 2.12 bits per heavy atom. The van der Waals surface area contributed by atoms with E-state index in [9.17, 15) is 0 Å². The molecule has 1 saturated heterocycles. The second-order valence-electron chi connectivity index (χ2n) is 10.1. The number of piperazine rings is 1. The summed E-state index contributed by atoms with van der Waals surface area (Å²) in [4.78, 5) is 6.99. The van der Waals surface area contributed by atoms with Crippen LogP contribution in [0.2, 0.25) is 0 Å².